The van der Waals surface area contributed by atoms with Crippen LogP contribution in [-0.4, -0.2) is 25.6 Å². The van der Waals surface area contributed by atoms with Gasteiger partial charge in [0.05, 0.1) is 4.92 Å². The van der Waals surface area contributed by atoms with Crippen LogP contribution in [0.15, 0.2) is 30.6 Å². The van der Waals surface area contributed by atoms with E-state index in [2.05, 4.69) is 4.98 Å². The number of aryl methyl sites for hydroxylation is 1. The second-order valence-corrected chi connectivity index (χ2v) is 3.81. The zero-order valence-electron chi connectivity index (χ0n) is 10.5. The highest BCUT2D eigenvalue weighted by molar-refractivity contribution is 5.95. The van der Waals surface area contributed by atoms with Gasteiger partial charge in [-0.15, -0.1) is 0 Å². The number of ether oxygens (including phenoxy) is 1. The first-order valence-corrected chi connectivity index (χ1v) is 5.74. The van der Waals surface area contributed by atoms with Gasteiger partial charge in [-0.2, -0.15) is 0 Å². The van der Waals surface area contributed by atoms with Gasteiger partial charge in [-0.05, 0) is 13.0 Å². The van der Waals surface area contributed by atoms with Crippen molar-refractivity contribution in [1.82, 2.24) is 9.55 Å². The van der Waals surface area contributed by atoms with Crippen molar-refractivity contribution in [2.75, 3.05) is 0 Å². The highest BCUT2D eigenvalue weighted by atomic mass is 16.6. The molecule has 0 saturated carbocycles. The summed E-state index contributed by atoms with van der Waals surface area (Å²) >= 11 is 0. The van der Waals surface area contributed by atoms with Gasteiger partial charge < -0.3 is 14.4 Å². The molecule has 0 unspecified atom stereocenters. The maximum Gasteiger partial charge on any atom is 0.346 e. The molecule has 0 saturated heterocycles. The summed E-state index contributed by atoms with van der Waals surface area (Å²) in [5.41, 5.74) is -1.02. The number of carboxylic acid groups (broad SMARTS) is 1. The van der Waals surface area contributed by atoms with Gasteiger partial charge in [-0.25, -0.2) is 9.78 Å². The third-order valence-electron chi connectivity index (χ3n) is 2.63. The van der Waals surface area contributed by atoms with E-state index in [1.54, 1.807) is 10.8 Å². The molecule has 0 aliphatic rings. The van der Waals surface area contributed by atoms with Crippen LogP contribution >= 0.6 is 0 Å². The number of aromatic nitrogens is 2. The minimum Gasteiger partial charge on any atom is -0.477 e. The molecule has 1 N–H and O–H groups in total. The molecular formula is C12H11N3O5. The van der Waals surface area contributed by atoms with Gasteiger partial charge in [0.25, 0.3) is 5.69 Å². The molecule has 0 fully saturated rings. The molecule has 0 bridgehead atoms. The fourth-order valence-corrected chi connectivity index (χ4v) is 1.71. The molecule has 1 aromatic carbocycles. The standard InChI is InChI=1S/C12H11N3O5/c1-2-14-7-6-13-12(14)20-9-5-3-4-8(15(18)19)10(9)11(16)17/h3-7H,2H2,1H3,(H,16,17). The van der Waals surface area contributed by atoms with Crippen molar-refractivity contribution in [2.45, 2.75) is 13.5 Å². The molecule has 1 heterocycles. The minimum atomic E-state index is -1.43. The fraction of sp³-hybridized carbons (Fsp3) is 0.167. The Labute approximate surface area is 113 Å². The van der Waals surface area contributed by atoms with E-state index in [1.165, 1.54) is 18.3 Å². The number of aromatic carboxylic acids is 1. The zero-order chi connectivity index (χ0) is 14.7. The molecule has 0 aliphatic heterocycles. The molecule has 8 nitrogen and oxygen atoms in total. The Morgan fingerprint density at radius 1 is 1.55 bits per heavy atom. The van der Waals surface area contributed by atoms with E-state index >= 15 is 0 Å². The van der Waals surface area contributed by atoms with Gasteiger partial charge in [0.1, 0.15) is 0 Å². The zero-order valence-corrected chi connectivity index (χ0v) is 10.5. The van der Waals surface area contributed by atoms with Crippen LogP contribution in [0.2, 0.25) is 0 Å². The topological polar surface area (TPSA) is 107 Å². The van der Waals surface area contributed by atoms with Gasteiger partial charge in [-0.1, -0.05) is 6.07 Å². The van der Waals surface area contributed by atoms with E-state index in [1.807, 2.05) is 6.92 Å². The lowest BCUT2D eigenvalue weighted by atomic mass is 10.1. The molecule has 0 atom stereocenters. The first-order chi connectivity index (χ1) is 9.54. The Balaban J connectivity index is 2.49. The number of rotatable bonds is 5. The maximum absolute atomic E-state index is 11.2. The smallest absolute Gasteiger partial charge is 0.346 e. The quantitative estimate of drug-likeness (QED) is 0.663. The van der Waals surface area contributed by atoms with Crippen LogP contribution in [0.4, 0.5) is 5.69 Å². The number of nitro groups is 1. The van der Waals surface area contributed by atoms with E-state index in [9.17, 15) is 14.9 Å². The number of imidazole rings is 1. The van der Waals surface area contributed by atoms with Crippen molar-refractivity contribution in [2.24, 2.45) is 0 Å². The van der Waals surface area contributed by atoms with E-state index in [4.69, 9.17) is 9.84 Å². The third-order valence-corrected chi connectivity index (χ3v) is 2.63. The molecule has 1 aromatic heterocycles. The molecule has 2 rings (SSSR count). The number of benzene rings is 1. The van der Waals surface area contributed by atoms with Crippen molar-refractivity contribution < 1.29 is 19.6 Å². The van der Waals surface area contributed by atoms with Crippen LogP contribution in [0.3, 0.4) is 0 Å². The summed E-state index contributed by atoms with van der Waals surface area (Å²) in [5, 5.41) is 20.0. The van der Waals surface area contributed by atoms with Crippen LogP contribution in [0.5, 0.6) is 11.8 Å². The van der Waals surface area contributed by atoms with Crippen molar-refractivity contribution in [3.63, 3.8) is 0 Å². The van der Waals surface area contributed by atoms with Crippen LogP contribution in [-0.2, 0) is 6.54 Å². The Bertz CT molecular complexity index is 665. The van der Waals surface area contributed by atoms with Gasteiger partial charge in [-0.3, -0.25) is 10.1 Å². The first-order valence-electron chi connectivity index (χ1n) is 5.74. The summed E-state index contributed by atoms with van der Waals surface area (Å²) in [6.45, 7) is 2.44. The average molecular weight is 277 g/mol. The summed E-state index contributed by atoms with van der Waals surface area (Å²) in [4.78, 5) is 25.3. The highest BCUT2D eigenvalue weighted by Gasteiger charge is 2.25. The number of nitrogens with zero attached hydrogens (tertiary/aromatic N) is 3. The number of hydrogen-bond acceptors (Lipinski definition) is 5. The van der Waals surface area contributed by atoms with E-state index < -0.39 is 22.1 Å². The molecule has 0 radical (unpaired) electrons. The predicted octanol–water partition coefficient (Wildman–Crippen LogP) is 2.30. The van der Waals surface area contributed by atoms with Gasteiger partial charge in [0.2, 0.25) is 0 Å². The number of carbonyl (C=O) groups is 1. The van der Waals surface area contributed by atoms with Crippen molar-refractivity contribution in [3.8, 4) is 11.8 Å². The van der Waals surface area contributed by atoms with Gasteiger partial charge in [0.15, 0.2) is 11.3 Å². The van der Waals surface area contributed by atoms with E-state index in [0.717, 1.165) is 6.07 Å². The summed E-state index contributed by atoms with van der Waals surface area (Å²) in [6, 6.07) is 4.00. The Kier molecular flexibility index (Phi) is 3.65. The summed E-state index contributed by atoms with van der Waals surface area (Å²) in [5.74, 6) is -1.55. The van der Waals surface area contributed by atoms with Crippen LogP contribution < -0.4 is 4.74 Å². The Morgan fingerprint density at radius 3 is 2.90 bits per heavy atom. The van der Waals surface area contributed by atoms with E-state index in [0.29, 0.717) is 6.54 Å². The molecule has 0 spiro atoms. The molecular weight excluding hydrogens is 266 g/mol. The number of hydrogen-bond donors (Lipinski definition) is 1. The molecule has 0 amide bonds. The molecule has 8 heteroatoms. The molecule has 2 aromatic rings. The molecule has 20 heavy (non-hydrogen) atoms. The number of carboxylic acids is 1. The third kappa shape index (κ3) is 2.44. The summed E-state index contributed by atoms with van der Waals surface area (Å²) in [7, 11) is 0. The van der Waals surface area contributed by atoms with Gasteiger partial charge in [0, 0.05) is 25.0 Å². The lowest BCUT2D eigenvalue weighted by Crippen LogP contribution is -2.06. The van der Waals surface area contributed by atoms with E-state index in [-0.39, 0.29) is 11.8 Å². The lowest BCUT2D eigenvalue weighted by molar-refractivity contribution is -0.385. The fourth-order valence-electron chi connectivity index (χ4n) is 1.71. The van der Waals surface area contributed by atoms with Crippen molar-refractivity contribution in [1.29, 1.82) is 0 Å². The summed E-state index contributed by atoms with van der Waals surface area (Å²) < 4.78 is 7.03. The lowest BCUT2D eigenvalue weighted by Gasteiger charge is -2.09. The number of nitro benzene ring substituents is 1. The second-order valence-electron chi connectivity index (χ2n) is 3.81. The Hall–Kier alpha value is -2.90. The Morgan fingerprint density at radius 2 is 2.30 bits per heavy atom. The van der Waals surface area contributed by atoms with Crippen molar-refractivity contribution >= 4 is 11.7 Å². The second kappa shape index (κ2) is 5.39. The normalized spacial score (nSPS) is 10.2. The average Bonchev–Trinajstić information content (AvgIpc) is 2.85. The SMILES string of the molecule is CCn1ccnc1Oc1cccc([N+](=O)[O-])c1C(=O)O. The largest absolute Gasteiger partial charge is 0.477 e. The maximum atomic E-state index is 11.2. The monoisotopic (exact) mass is 277 g/mol. The van der Waals surface area contributed by atoms with Crippen LogP contribution in [0.1, 0.15) is 17.3 Å². The minimum absolute atomic E-state index is 0.118. The van der Waals surface area contributed by atoms with Crippen molar-refractivity contribution in [3.05, 3.63) is 46.3 Å². The first kappa shape index (κ1) is 13.5. The summed E-state index contributed by atoms with van der Waals surface area (Å²) in [6.07, 6.45) is 3.16. The van der Waals surface area contributed by atoms with Crippen LogP contribution in [0, 0.1) is 10.1 Å². The highest BCUT2D eigenvalue weighted by Crippen LogP contribution is 2.31. The molecule has 0 aliphatic carbocycles. The predicted molar refractivity (Wildman–Crippen MR) is 68.0 cm³/mol. The molecule has 104 valence electrons. The van der Waals surface area contributed by atoms with Crippen LogP contribution in [0.25, 0.3) is 0 Å². The van der Waals surface area contributed by atoms with Gasteiger partial charge >= 0.3 is 12.0 Å².